The van der Waals surface area contributed by atoms with Crippen LogP contribution in [0.5, 0.6) is 5.75 Å². The molecule has 1 N–H and O–H groups in total. The molecule has 4 heteroatoms. The summed E-state index contributed by atoms with van der Waals surface area (Å²) in [5, 5.41) is 3.30. The van der Waals surface area contributed by atoms with Gasteiger partial charge in [-0.2, -0.15) is 0 Å². The topological polar surface area (TPSA) is 47.6 Å². The van der Waals surface area contributed by atoms with E-state index in [0.717, 1.165) is 18.7 Å². The van der Waals surface area contributed by atoms with Crippen LogP contribution in [-0.4, -0.2) is 33.3 Å². The quantitative estimate of drug-likeness (QED) is 0.826. The van der Waals surface area contributed by atoms with Crippen LogP contribution in [0.25, 0.3) is 0 Å². The fourth-order valence-corrected chi connectivity index (χ4v) is 2.42. The highest BCUT2D eigenvalue weighted by Gasteiger charge is 2.28. The van der Waals surface area contributed by atoms with Gasteiger partial charge in [-0.05, 0) is 30.0 Å². The van der Waals surface area contributed by atoms with Gasteiger partial charge in [-0.15, -0.1) is 0 Å². The molecule has 4 nitrogen and oxygen atoms in total. The van der Waals surface area contributed by atoms with Gasteiger partial charge in [-0.25, -0.2) is 0 Å². The van der Waals surface area contributed by atoms with E-state index in [-0.39, 0.29) is 11.9 Å². The number of carbonyl (C=O) groups excluding carboxylic acids is 1. The number of rotatable bonds is 3. The molecule has 0 saturated carbocycles. The third-order valence-corrected chi connectivity index (χ3v) is 3.47. The number of nitrogens with one attached hydrogen (secondary N) is 1. The van der Waals surface area contributed by atoms with Crippen LogP contribution in [0.1, 0.15) is 17.9 Å². The van der Waals surface area contributed by atoms with E-state index in [2.05, 4.69) is 17.4 Å². The maximum Gasteiger partial charge on any atom is 0.309 e. The Morgan fingerprint density at radius 2 is 1.94 bits per heavy atom. The van der Waals surface area contributed by atoms with Crippen molar-refractivity contribution in [1.82, 2.24) is 5.32 Å². The minimum absolute atomic E-state index is 0.0455. The van der Waals surface area contributed by atoms with E-state index in [0.29, 0.717) is 12.5 Å². The molecule has 98 valence electrons. The van der Waals surface area contributed by atoms with Crippen molar-refractivity contribution < 1.29 is 14.3 Å². The van der Waals surface area contributed by atoms with Gasteiger partial charge in [0.15, 0.2) is 0 Å². The lowest BCUT2D eigenvalue weighted by Gasteiger charge is -2.28. The van der Waals surface area contributed by atoms with E-state index >= 15 is 0 Å². The molecule has 0 radical (unpaired) electrons. The van der Waals surface area contributed by atoms with Crippen LogP contribution in [0.15, 0.2) is 24.3 Å². The predicted octanol–water partition coefficient (Wildman–Crippen LogP) is 1.56. The lowest BCUT2D eigenvalue weighted by Crippen LogP contribution is -2.39. The van der Waals surface area contributed by atoms with E-state index in [4.69, 9.17) is 9.47 Å². The highest BCUT2D eigenvalue weighted by atomic mass is 16.5. The molecule has 2 atom stereocenters. The molecule has 1 saturated heterocycles. The van der Waals surface area contributed by atoms with Gasteiger partial charge in [-0.3, -0.25) is 4.79 Å². The zero-order valence-electron chi connectivity index (χ0n) is 10.8. The lowest BCUT2D eigenvalue weighted by atomic mass is 9.85. The van der Waals surface area contributed by atoms with E-state index in [1.54, 1.807) is 7.11 Å². The average Bonchev–Trinajstić information content (AvgIpc) is 2.46. The Hall–Kier alpha value is -1.55. The van der Waals surface area contributed by atoms with Crippen molar-refractivity contribution in [2.45, 2.75) is 12.3 Å². The summed E-state index contributed by atoms with van der Waals surface area (Å²) in [6.45, 7) is 1.61. The Kier molecular flexibility index (Phi) is 4.20. The first kappa shape index (κ1) is 12.9. The molecule has 2 rings (SSSR count). The van der Waals surface area contributed by atoms with Gasteiger partial charge >= 0.3 is 5.97 Å². The summed E-state index contributed by atoms with van der Waals surface area (Å²) >= 11 is 0. The maximum absolute atomic E-state index is 11.6. The molecule has 0 unspecified atom stereocenters. The number of ether oxygens (including phenoxy) is 2. The minimum Gasteiger partial charge on any atom is -0.497 e. The van der Waals surface area contributed by atoms with Crippen LogP contribution in [0.3, 0.4) is 0 Å². The van der Waals surface area contributed by atoms with Crippen LogP contribution in [0, 0.1) is 5.92 Å². The molecule has 1 aliphatic heterocycles. The van der Waals surface area contributed by atoms with E-state index < -0.39 is 0 Å². The van der Waals surface area contributed by atoms with Crippen LogP contribution in [-0.2, 0) is 9.53 Å². The Balaban J connectivity index is 2.05. The third-order valence-electron chi connectivity index (χ3n) is 3.47. The number of hydrogen-bond donors (Lipinski definition) is 1. The van der Waals surface area contributed by atoms with Crippen LogP contribution < -0.4 is 10.1 Å². The number of hydrogen-bond acceptors (Lipinski definition) is 4. The minimum atomic E-state index is -0.124. The zero-order valence-corrected chi connectivity index (χ0v) is 10.8. The first-order valence-electron chi connectivity index (χ1n) is 6.17. The highest BCUT2D eigenvalue weighted by Crippen LogP contribution is 2.28. The Labute approximate surface area is 107 Å². The number of esters is 1. The summed E-state index contributed by atoms with van der Waals surface area (Å²) in [7, 11) is 3.10. The lowest BCUT2D eigenvalue weighted by molar-refractivity contribution is -0.146. The van der Waals surface area contributed by atoms with Crippen molar-refractivity contribution in [3.8, 4) is 5.75 Å². The second-order valence-electron chi connectivity index (χ2n) is 4.58. The molecule has 0 aliphatic carbocycles. The smallest absolute Gasteiger partial charge is 0.309 e. The molecule has 0 spiro atoms. The van der Waals surface area contributed by atoms with E-state index in [1.807, 2.05) is 12.1 Å². The molecule has 1 heterocycles. The summed E-state index contributed by atoms with van der Waals surface area (Å²) in [5.74, 6) is 1.04. The number of piperidine rings is 1. The Bertz CT molecular complexity index is 402. The van der Waals surface area contributed by atoms with Gasteiger partial charge in [0, 0.05) is 13.1 Å². The monoisotopic (exact) mass is 249 g/mol. The van der Waals surface area contributed by atoms with Gasteiger partial charge in [-0.1, -0.05) is 12.1 Å². The van der Waals surface area contributed by atoms with Gasteiger partial charge in [0.25, 0.3) is 0 Å². The summed E-state index contributed by atoms with van der Waals surface area (Å²) in [6.07, 6.45) is 0.839. The SMILES string of the molecule is COC(=O)[C@H]1CNC[C@@H](c2ccc(OC)cc2)C1. The molecule has 0 aromatic heterocycles. The molecular formula is C14H19NO3. The maximum atomic E-state index is 11.6. The highest BCUT2D eigenvalue weighted by molar-refractivity contribution is 5.72. The first-order chi connectivity index (χ1) is 8.74. The molecule has 1 aliphatic rings. The predicted molar refractivity (Wildman–Crippen MR) is 68.7 cm³/mol. The third kappa shape index (κ3) is 2.82. The molecule has 18 heavy (non-hydrogen) atoms. The van der Waals surface area contributed by atoms with Crippen molar-refractivity contribution in [2.75, 3.05) is 27.3 Å². The largest absolute Gasteiger partial charge is 0.497 e. The fourth-order valence-electron chi connectivity index (χ4n) is 2.42. The first-order valence-corrected chi connectivity index (χ1v) is 6.17. The molecule has 1 aromatic carbocycles. The van der Waals surface area contributed by atoms with Gasteiger partial charge in [0.05, 0.1) is 20.1 Å². The molecule has 1 fully saturated rings. The average molecular weight is 249 g/mol. The second kappa shape index (κ2) is 5.87. The number of methoxy groups -OCH3 is 2. The fraction of sp³-hybridized carbons (Fsp3) is 0.500. The van der Waals surface area contributed by atoms with Crippen molar-refractivity contribution in [2.24, 2.45) is 5.92 Å². The number of carbonyl (C=O) groups is 1. The summed E-state index contributed by atoms with van der Waals surface area (Å²) in [6, 6.07) is 8.03. The van der Waals surface area contributed by atoms with Crippen molar-refractivity contribution in [3.05, 3.63) is 29.8 Å². The van der Waals surface area contributed by atoms with E-state index in [1.165, 1.54) is 12.7 Å². The molecule has 0 bridgehead atoms. The van der Waals surface area contributed by atoms with Crippen molar-refractivity contribution in [1.29, 1.82) is 0 Å². The Morgan fingerprint density at radius 1 is 1.22 bits per heavy atom. The molecule has 0 amide bonds. The van der Waals surface area contributed by atoms with Gasteiger partial charge in [0.1, 0.15) is 5.75 Å². The standard InChI is InChI=1S/C14H19NO3/c1-17-13-5-3-10(4-6-13)11-7-12(9-15-8-11)14(16)18-2/h3-6,11-12,15H,7-9H2,1-2H3/t11-,12+/m0/s1. The molecule has 1 aromatic rings. The van der Waals surface area contributed by atoms with Crippen LogP contribution >= 0.6 is 0 Å². The normalized spacial score (nSPS) is 23.4. The van der Waals surface area contributed by atoms with Gasteiger partial charge < -0.3 is 14.8 Å². The zero-order chi connectivity index (χ0) is 13.0. The summed E-state index contributed by atoms with van der Waals surface area (Å²) < 4.78 is 9.95. The van der Waals surface area contributed by atoms with Gasteiger partial charge in [0.2, 0.25) is 0 Å². The van der Waals surface area contributed by atoms with Crippen LogP contribution in [0.4, 0.5) is 0 Å². The molecular weight excluding hydrogens is 230 g/mol. The van der Waals surface area contributed by atoms with Crippen molar-refractivity contribution >= 4 is 5.97 Å². The Morgan fingerprint density at radius 3 is 2.56 bits per heavy atom. The number of benzene rings is 1. The summed E-state index contributed by atoms with van der Waals surface area (Å²) in [5.41, 5.74) is 1.23. The van der Waals surface area contributed by atoms with E-state index in [9.17, 15) is 4.79 Å². The van der Waals surface area contributed by atoms with Crippen molar-refractivity contribution in [3.63, 3.8) is 0 Å². The van der Waals surface area contributed by atoms with Crippen LogP contribution in [0.2, 0.25) is 0 Å². The second-order valence-corrected chi connectivity index (χ2v) is 4.58. The summed E-state index contributed by atoms with van der Waals surface area (Å²) in [4.78, 5) is 11.6.